The minimum Gasteiger partial charge on any atom is -0.362 e. The van der Waals surface area contributed by atoms with Gasteiger partial charge < -0.3 is 9.80 Å². The molecule has 6 nitrogen and oxygen atoms in total. The summed E-state index contributed by atoms with van der Waals surface area (Å²) < 4.78 is 1.09. The topological polar surface area (TPSA) is 66.7 Å². The summed E-state index contributed by atoms with van der Waals surface area (Å²) in [4.78, 5) is 28.2. The Bertz CT molecular complexity index is 995. The number of hydrogen-bond donors (Lipinski definition) is 0. The number of nitro groups is 1. The van der Waals surface area contributed by atoms with E-state index >= 15 is 0 Å². The van der Waals surface area contributed by atoms with Crippen LogP contribution in [0.15, 0.2) is 48.5 Å². The molecule has 4 rings (SSSR count). The molecule has 1 saturated heterocycles. The van der Waals surface area contributed by atoms with Gasteiger partial charge in [0.25, 0.3) is 11.6 Å². The third-order valence-electron chi connectivity index (χ3n) is 4.68. The third kappa shape index (κ3) is 3.48. The zero-order valence-electron chi connectivity index (χ0n) is 14.3. The molecule has 2 aromatic carbocycles. The van der Waals surface area contributed by atoms with Gasteiger partial charge in [-0.2, -0.15) is 0 Å². The van der Waals surface area contributed by atoms with Crippen molar-refractivity contribution in [3.63, 3.8) is 0 Å². The number of piperazine rings is 1. The second-order valence-corrected chi connectivity index (χ2v) is 7.84. The maximum absolute atomic E-state index is 12.8. The summed E-state index contributed by atoms with van der Waals surface area (Å²) in [5.74, 6) is 0.0152. The molecule has 0 aliphatic carbocycles. The number of benzene rings is 2. The minimum absolute atomic E-state index is 0.00761. The molecule has 0 atom stereocenters. The summed E-state index contributed by atoms with van der Waals surface area (Å²) in [6, 6.07) is 14.5. The standard InChI is InChI=1S/C19H16ClN3O3S/c20-14-5-6-15(16(12-14)23(25)26)21-7-9-22(10-8-21)19(24)18-11-13-3-1-2-4-17(13)27-18/h1-6,11-12H,7-10H2. The Labute approximate surface area is 164 Å². The molecule has 2 heterocycles. The molecule has 1 aromatic heterocycles. The number of carbonyl (C=O) groups is 1. The van der Waals surface area contributed by atoms with Crippen molar-refractivity contribution < 1.29 is 9.72 Å². The van der Waals surface area contributed by atoms with Crippen molar-refractivity contribution in [2.45, 2.75) is 0 Å². The van der Waals surface area contributed by atoms with Crippen LogP contribution in [0.1, 0.15) is 9.67 Å². The first kappa shape index (κ1) is 17.8. The second-order valence-electron chi connectivity index (χ2n) is 6.32. The van der Waals surface area contributed by atoms with Crippen LogP contribution in [-0.4, -0.2) is 41.9 Å². The molecule has 0 unspecified atom stereocenters. The van der Waals surface area contributed by atoms with Gasteiger partial charge in [0, 0.05) is 42.0 Å². The van der Waals surface area contributed by atoms with Crippen LogP contribution < -0.4 is 4.90 Å². The highest BCUT2D eigenvalue weighted by atomic mass is 35.5. The number of thiophene rings is 1. The molecular formula is C19H16ClN3O3S. The number of amides is 1. The lowest BCUT2D eigenvalue weighted by Gasteiger charge is -2.35. The Morgan fingerprint density at radius 2 is 1.81 bits per heavy atom. The van der Waals surface area contributed by atoms with Gasteiger partial charge in [-0.1, -0.05) is 29.8 Å². The highest BCUT2D eigenvalue weighted by Gasteiger charge is 2.27. The van der Waals surface area contributed by atoms with E-state index in [1.807, 2.05) is 40.1 Å². The Kier molecular flexibility index (Phi) is 4.72. The number of halogens is 1. The molecule has 0 radical (unpaired) electrons. The van der Waals surface area contributed by atoms with Crippen LogP contribution in [0.2, 0.25) is 5.02 Å². The first-order valence-electron chi connectivity index (χ1n) is 8.49. The molecule has 1 amide bonds. The molecule has 1 fully saturated rings. The molecule has 27 heavy (non-hydrogen) atoms. The van der Waals surface area contributed by atoms with Crippen LogP contribution >= 0.6 is 22.9 Å². The molecule has 1 aliphatic heterocycles. The van der Waals surface area contributed by atoms with E-state index in [2.05, 4.69) is 0 Å². The first-order chi connectivity index (χ1) is 13.0. The average molecular weight is 402 g/mol. The maximum atomic E-state index is 12.8. The van der Waals surface area contributed by atoms with E-state index < -0.39 is 4.92 Å². The first-order valence-corrected chi connectivity index (χ1v) is 9.69. The van der Waals surface area contributed by atoms with E-state index in [1.165, 1.54) is 17.4 Å². The number of fused-ring (bicyclic) bond motifs is 1. The summed E-state index contributed by atoms with van der Waals surface area (Å²) in [7, 11) is 0. The molecule has 1 aliphatic rings. The van der Waals surface area contributed by atoms with E-state index in [1.54, 1.807) is 12.1 Å². The lowest BCUT2D eigenvalue weighted by Crippen LogP contribution is -2.48. The zero-order chi connectivity index (χ0) is 19.0. The zero-order valence-corrected chi connectivity index (χ0v) is 15.9. The van der Waals surface area contributed by atoms with Gasteiger partial charge in [-0.25, -0.2) is 0 Å². The van der Waals surface area contributed by atoms with Gasteiger partial charge in [-0.3, -0.25) is 14.9 Å². The number of nitro benzene ring substituents is 1. The SMILES string of the molecule is O=C(c1cc2ccccc2s1)N1CCN(c2ccc(Cl)cc2[N+](=O)[O-])CC1. The molecule has 138 valence electrons. The van der Waals surface area contributed by atoms with Crippen LogP contribution in [0.5, 0.6) is 0 Å². The lowest BCUT2D eigenvalue weighted by atomic mass is 10.2. The van der Waals surface area contributed by atoms with E-state index in [0.717, 1.165) is 15.0 Å². The summed E-state index contributed by atoms with van der Waals surface area (Å²) in [6.07, 6.45) is 0. The monoisotopic (exact) mass is 401 g/mol. The van der Waals surface area contributed by atoms with Crippen LogP contribution in [-0.2, 0) is 0 Å². The Hall–Kier alpha value is -2.64. The third-order valence-corrected chi connectivity index (χ3v) is 6.02. The Balaban J connectivity index is 1.49. The number of carbonyl (C=O) groups excluding carboxylic acids is 1. The largest absolute Gasteiger partial charge is 0.362 e. The summed E-state index contributed by atoms with van der Waals surface area (Å²) >= 11 is 7.39. The Morgan fingerprint density at radius 1 is 1.07 bits per heavy atom. The van der Waals surface area contributed by atoms with Gasteiger partial charge in [0.15, 0.2) is 0 Å². The molecule has 8 heteroatoms. The predicted octanol–water partition coefficient (Wildman–Crippen LogP) is 4.43. The van der Waals surface area contributed by atoms with Crippen LogP contribution in [0.4, 0.5) is 11.4 Å². The van der Waals surface area contributed by atoms with Crippen molar-refractivity contribution in [1.82, 2.24) is 4.90 Å². The molecule has 0 N–H and O–H groups in total. The highest BCUT2D eigenvalue weighted by molar-refractivity contribution is 7.20. The van der Waals surface area contributed by atoms with Gasteiger partial charge in [0.1, 0.15) is 5.69 Å². The average Bonchev–Trinajstić information content (AvgIpc) is 3.11. The summed E-state index contributed by atoms with van der Waals surface area (Å²) in [6.45, 7) is 2.12. The van der Waals surface area contributed by atoms with Crippen LogP contribution in [0, 0.1) is 10.1 Å². The fraction of sp³-hybridized carbons (Fsp3) is 0.211. The molecule has 0 saturated carbocycles. The van der Waals surface area contributed by atoms with E-state index in [4.69, 9.17) is 11.6 Å². The van der Waals surface area contributed by atoms with Crippen molar-refractivity contribution in [3.8, 4) is 0 Å². The molecule has 0 bridgehead atoms. The predicted molar refractivity (Wildman–Crippen MR) is 108 cm³/mol. The van der Waals surface area contributed by atoms with E-state index in [0.29, 0.717) is 36.9 Å². The van der Waals surface area contributed by atoms with Crippen molar-refractivity contribution >= 4 is 50.3 Å². The molecule has 0 spiro atoms. The highest BCUT2D eigenvalue weighted by Crippen LogP contribution is 2.32. The number of rotatable bonds is 3. The summed E-state index contributed by atoms with van der Waals surface area (Å²) in [5, 5.41) is 12.7. The van der Waals surface area contributed by atoms with Crippen LogP contribution in [0.25, 0.3) is 10.1 Å². The van der Waals surface area contributed by atoms with Crippen molar-refractivity contribution in [2.75, 3.05) is 31.1 Å². The maximum Gasteiger partial charge on any atom is 0.294 e. The summed E-state index contributed by atoms with van der Waals surface area (Å²) in [5.41, 5.74) is 0.533. The number of anilines is 1. The van der Waals surface area contributed by atoms with Crippen molar-refractivity contribution in [3.05, 3.63) is 68.5 Å². The van der Waals surface area contributed by atoms with Crippen molar-refractivity contribution in [1.29, 1.82) is 0 Å². The normalized spacial score (nSPS) is 14.6. The van der Waals surface area contributed by atoms with Crippen LogP contribution in [0.3, 0.4) is 0 Å². The van der Waals surface area contributed by atoms with Gasteiger partial charge in [0.05, 0.1) is 9.80 Å². The Morgan fingerprint density at radius 3 is 2.52 bits per heavy atom. The van der Waals surface area contributed by atoms with Gasteiger partial charge in [0.2, 0.25) is 0 Å². The smallest absolute Gasteiger partial charge is 0.294 e. The molecule has 3 aromatic rings. The number of hydrogen-bond acceptors (Lipinski definition) is 5. The molecular weight excluding hydrogens is 386 g/mol. The van der Waals surface area contributed by atoms with E-state index in [9.17, 15) is 14.9 Å². The fourth-order valence-corrected chi connectivity index (χ4v) is 4.50. The minimum atomic E-state index is -0.421. The van der Waals surface area contributed by atoms with E-state index in [-0.39, 0.29) is 11.6 Å². The lowest BCUT2D eigenvalue weighted by molar-refractivity contribution is -0.384. The van der Waals surface area contributed by atoms with Gasteiger partial charge in [-0.15, -0.1) is 11.3 Å². The van der Waals surface area contributed by atoms with Crippen molar-refractivity contribution in [2.24, 2.45) is 0 Å². The number of nitrogens with zero attached hydrogens (tertiary/aromatic N) is 3. The van der Waals surface area contributed by atoms with Gasteiger partial charge in [-0.05, 0) is 29.7 Å². The second kappa shape index (κ2) is 7.17. The quantitative estimate of drug-likeness (QED) is 0.481. The van der Waals surface area contributed by atoms with Gasteiger partial charge >= 0.3 is 0 Å². The fourth-order valence-electron chi connectivity index (χ4n) is 3.30.